The molecule has 10 nitrogen and oxygen atoms in total. The lowest BCUT2D eigenvalue weighted by Crippen LogP contribution is -2.44. The van der Waals surface area contributed by atoms with Crippen molar-refractivity contribution in [3.63, 3.8) is 0 Å². The second-order valence-corrected chi connectivity index (χ2v) is 10.3. The van der Waals surface area contributed by atoms with E-state index in [9.17, 15) is 14.4 Å². The molecule has 202 valence electrons. The fourth-order valence-electron chi connectivity index (χ4n) is 5.05. The second-order valence-electron chi connectivity index (χ2n) is 9.47. The number of nitrogens with zero attached hydrogens (tertiary/aromatic N) is 6. The van der Waals surface area contributed by atoms with Gasteiger partial charge in [-0.25, -0.2) is 9.91 Å². The van der Waals surface area contributed by atoms with Crippen molar-refractivity contribution in [2.24, 2.45) is 15.4 Å². The summed E-state index contributed by atoms with van der Waals surface area (Å²) in [6.07, 6.45) is 0.467. The van der Waals surface area contributed by atoms with Gasteiger partial charge in [-0.1, -0.05) is 52.7 Å². The summed E-state index contributed by atoms with van der Waals surface area (Å²) in [5, 5.41) is 16.5. The first kappa shape index (κ1) is 26.0. The highest BCUT2D eigenvalue weighted by Gasteiger charge is 2.55. The molecule has 3 aliphatic heterocycles. The molecule has 6 rings (SSSR count). The summed E-state index contributed by atoms with van der Waals surface area (Å²) in [5.41, 5.74) is 2.80. The highest BCUT2D eigenvalue weighted by atomic mass is 35.5. The molecule has 3 heterocycles. The Balaban J connectivity index is 1.26. The molecule has 3 atom stereocenters. The molecule has 3 unspecified atom stereocenters. The van der Waals surface area contributed by atoms with E-state index in [1.807, 2.05) is 36.4 Å². The maximum atomic E-state index is 13.7. The number of carbonyl (C=O) groups excluding carboxylic acids is 3. The molecule has 1 fully saturated rings. The molecule has 0 bridgehead atoms. The van der Waals surface area contributed by atoms with Crippen molar-refractivity contribution in [3.05, 3.63) is 94.0 Å². The summed E-state index contributed by atoms with van der Waals surface area (Å²) in [7, 11) is 1.59. The van der Waals surface area contributed by atoms with Gasteiger partial charge in [0.15, 0.2) is 12.1 Å². The predicted molar refractivity (Wildman–Crippen MR) is 148 cm³/mol. The van der Waals surface area contributed by atoms with E-state index in [1.54, 1.807) is 43.5 Å². The number of amides is 3. The lowest BCUT2D eigenvalue weighted by atomic mass is 9.98. The van der Waals surface area contributed by atoms with Crippen LogP contribution in [0.25, 0.3) is 0 Å². The Kier molecular flexibility index (Phi) is 6.73. The van der Waals surface area contributed by atoms with Crippen molar-refractivity contribution < 1.29 is 19.1 Å². The molecule has 40 heavy (non-hydrogen) atoms. The molecule has 0 saturated carbocycles. The van der Waals surface area contributed by atoms with Crippen LogP contribution in [-0.2, 0) is 14.4 Å². The zero-order chi connectivity index (χ0) is 28.0. The van der Waals surface area contributed by atoms with E-state index in [-0.39, 0.29) is 6.54 Å². The number of rotatable bonds is 6. The lowest BCUT2D eigenvalue weighted by Gasteiger charge is -2.25. The number of hydrogen-bond acceptors (Lipinski definition) is 8. The Hall–Kier alpha value is -4.28. The zero-order valence-corrected chi connectivity index (χ0v) is 22.7. The minimum absolute atomic E-state index is 0.289. The van der Waals surface area contributed by atoms with E-state index < -0.39 is 35.8 Å². The van der Waals surface area contributed by atoms with E-state index in [2.05, 4.69) is 15.4 Å². The van der Waals surface area contributed by atoms with Crippen LogP contribution in [0.1, 0.15) is 23.6 Å². The number of hydrazone groups is 1. The number of hydrogen-bond donors (Lipinski definition) is 0. The minimum atomic E-state index is -1.03. The van der Waals surface area contributed by atoms with Crippen LogP contribution in [0.3, 0.4) is 0 Å². The van der Waals surface area contributed by atoms with Crippen molar-refractivity contribution >= 4 is 52.3 Å². The number of fused-ring (bicyclic) bond motifs is 1. The first-order valence-corrected chi connectivity index (χ1v) is 13.2. The van der Waals surface area contributed by atoms with E-state index in [0.717, 1.165) is 16.0 Å². The van der Waals surface area contributed by atoms with Crippen molar-refractivity contribution in [3.8, 4) is 5.75 Å². The van der Waals surface area contributed by atoms with Crippen LogP contribution in [0.4, 0.5) is 5.69 Å². The van der Waals surface area contributed by atoms with Gasteiger partial charge < -0.3 is 4.74 Å². The van der Waals surface area contributed by atoms with E-state index in [4.69, 9.17) is 27.9 Å². The number of benzene rings is 3. The third kappa shape index (κ3) is 4.59. The van der Waals surface area contributed by atoms with Gasteiger partial charge in [0.1, 0.15) is 12.3 Å². The normalized spacial score (nSPS) is 21.7. The van der Waals surface area contributed by atoms with E-state index in [0.29, 0.717) is 33.6 Å². The summed E-state index contributed by atoms with van der Waals surface area (Å²) in [6.45, 7) is -0.289. The maximum absolute atomic E-state index is 13.7. The summed E-state index contributed by atoms with van der Waals surface area (Å²) in [4.78, 5) is 41.2. The van der Waals surface area contributed by atoms with Crippen molar-refractivity contribution in [2.75, 3.05) is 18.6 Å². The molecule has 3 aliphatic rings. The molecule has 0 aliphatic carbocycles. The summed E-state index contributed by atoms with van der Waals surface area (Å²) in [6, 6.07) is 18.6. The Morgan fingerprint density at radius 3 is 2.23 bits per heavy atom. The molecule has 3 amide bonds. The third-order valence-corrected chi connectivity index (χ3v) is 7.59. The van der Waals surface area contributed by atoms with E-state index in [1.165, 1.54) is 10.0 Å². The zero-order valence-electron chi connectivity index (χ0n) is 21.1. The topological polar surface area (TPSA) is 107 Å². The smallest absolute Gasteiger partial charge is 0.264 e. The van der Waals surface area contributed by atoms with Gasteiger partial charge in [-0.15, -0.1) is 0 Å². The average molecular weight is 577 g/mol. The monoisotopic (exact) mass is 576 g/mol. The molecule has 3 aromatic carbocycles. The van der Waals surface area contributed by atoms with Gasteiger partial charge in [0.2, 0.25) is 0 Å². The molecule has 3 aromatic rings. The fraction of sp³-hybridized carbons (Fsp3) is 0.214. The van der Waals surface area contributed by atoms with Crippen molar-refractivity contribution in [1.82, 2.24) is 10.0 Å². The Labute approximate surface area is 239 Å². The Morgan fingerprint density at radius 1 is 0.925 bits per heavy atom. The van der Waals surface area contributed by atoms with Crippen molar-refractivity contribution in [2.45, 2.75) is 24.5 Å². The van der Waals surface area contributed by atoms with Crippen LogP contribution in [0.5, 0.6) is 5.75 Å². The minimum Gasteiger partial charge on any atom is -0.497 e. The quantitative estimate of drug-likeness (QED) is 0.396. The molecular formula is C28H22Cl2N6O4. The number of methoxy groups -OCH3 is 1. The van der Waals surface area contributed by atoms with Crippen LogP contribution in [0, 0.1) is 0 Å². The van der Waals surface area contributed by atoms with Gasteiger partial charge in [-0.05, 0) is 59.7 Å². The van der Waals surface area contributed by atoms with E-state index >= 15 is 0 Å². The SMILES string of the molecule is COc1ccc(C2CC(c3ccc(Cl)cc3)=NN2C(=O)CN2N=NC3C(=O)N(c4ccc(Cl)cc4)C(=O)C32)cc1. The largest absolute Gasteiger partial charge is 0.497 e. The number of halogens is 2. The van der Waals surface area contributed by atoms with Crippen LogP contribution < -0.4 is 9.64 Å². The second kappa shape index (κ2) is 10.4. The van der Waals surface area contributed by atoms with Crippen LogP contribution in [0.2, 0.25) is 10.0 Å². The van der Waals surface area contributed by atoms with Gasteiger partial charge in [0.25, 0.3) is 17.7 Å². The first-order chi connectivity index (χ1) is 19.3. The molecule has 12 heteroatoms. The summed E-state index contributed by atoms with van der Waals surface area (Å²) >= 11 is 12.0. The predicted octanol–water partition coefficient (Wildman–Crippen LogP) is 4.67. The molecule has 0 aromatic heterocycles. The first-order valence-electron chi connectivity index (χ1n) is 12.4. The van der Waals surface area contributed by atoms with Gasteiger partial charge in [-0.3, -0.25) is 19.4 Å². The number of imide groups is 1. The number of carbonyl (C=O) groups is 3. The standard InChI is InChI=1S/C28H22Cl2N6O4/c1-40-21-12-4-17(5-13-21)23-14-22(16-2-6-18(29)7-3-16)32-36(23)24(37)15-34-26-25(31-33-34)27(38)35(28(26)39)20-10-8-19(30)9-11-20/h2-13,23,25-26H,14-15H2,1H3. The molecule has 0 spiro atoms. The number of anilines is 1. The number of ether oxygens (including phenoxy) is 1. The molecular weight excluding hydrogens is 555 g/mol. The average Bonchev–Trinajstić information content (AvgIpc) is 3.65. The van der Waals surface area contributed by atoms with Crippen molar-refractivity contribution in [1.29, 1.82) is 0 Å². The van der Waals surface area contributed by atoms with Crippen LogP contribution in [-0.4, -0.2) is 59.2 Å². The third-order valence-electron chi connectivity index (χ3n) is 7.08. The van der Waals surface area contributed by atoms with Gasteiger partial charge in [-0.2, -0.15) is 10.2 Å². The van der Waals surface area contributed by atoms with Gasteiger partial charge >= 0.3 is 0 Å². The summed E-state index contributed by atoms with van der Waals surface area (Å²) in [5.74, 6) is -0.712. The highest BCUT2D eigenvalue weighted by Crippen LogP contribution is 2.36. The molecule has 0 N–H and O–H groups in total. The van der Waals surface area contributed by atoms with Gasteiger partial charge in [0.05, 0.1) is 24.6 Å². The fourth-order valence-corrected chi connectivity index (χ4v) is 5.30. The Bertz CT molecular complexity index is 1540. The van der Waals surface area contributed by atoms with Gasteiger partial charge in [0, 0.05) is 16.5 Å². The maximum Gasteiger partial charge on any atom is 0.264 e. The van der Waals surface area contributed by atoms with Crippen LogP contribution in [0.15, 0.2) is 88.2 Å². The lowest BCUT2D eigenvalue weighted by molar-refractivity contribution is -0.135. The van der Waals surface area contributed by atoms with Crippen LogP contribution >= 0.6 is 23.2 Å². The molecule has 0 radical (unpaired) electrons. The highest BCUT2D eigenvalue weighted by molar-refractivity contribution is 6.31. The Morgan fingerprint density at radius 2 is 1.57 bits per heavy atom. The molecule has 1 saturated heterocycles. The summed E-state index contributed by atoms with van der Waals surface area (Å²) < 4.78 is 5.28.